The molecule has 1 saturated heterocycles. The molecule has 19 heavy (non-hydrogen) atoms. The van der Waals surface area contributed by atoms with Crippen molar-refractivity contribution in [2.45, 2.75) is 25.0 Å². The lowest BCUT2D eigenvalue weighted by Crippen LogP contribution is -2.30. The van der Waals surface area contributed by atoms with Gasteiger partial charge in [-0.15, -0.1) is 0 Å². The highest BCUT2D eigenvalue weighted by Crippen LogP contribution is 2.32. The van der Waals surface area contributed by atoms with Crippen molar-refractivity contribution in [2.75, 3.05) is 23.7 Å². The lowest BCUT2D eigenvalue weighted by Gasteiger charge is -2.24. The Bertz CT molecular complexity index is 475. The van der Waals surface area contributed by atoms with Crippen LogP contribution < -0.4 is 10.6 Å². The largest absolute Gasteiger partial charge is 0.409 e. The van der Waals surface area contributed by atoms with Gasteiger partial charge in [0.2, 0.25) is 0 Å². The van der Waals surface area contributed by atoms with E-state index in [0.717, 1.165) is 31.1 Å². The van der Waals surface area contributed by atoms with Gasteiger partial charge in [-0.2, -0.15) is 11.8 Å². The molecule has 0 aliphatic carbocycles. The van der Waals surface area contributed by atoms with Gasteiger partial charge in [-0.05, 0) is 18.6 Å². The van der Waals surface area contributed by atoms with Crippen molar-refractivity contribution in [1.82, 2.24) is 4.98 Å². The smallest absolute Gasteiger partial charge is 0.173 e. The second-order valence-corrected chi connectivity index (χ2v) is 7.01. The van der Waals surface area contributed by atoms with E-state index >= 15 is 0 Å². The van der Waals surface area contributed by atoms with Crippen molar-refractivity contribution in [1.29, 1.82) is 0 Å². The second kappa shape index (κ2) is 5.69. The first-order valence-corrected chi connectivity index (χ1v) is 7.34. The molecule has 1 aromatic rings. The summed E-state index contributed by atoms with van der Waals surface area (Å²) in [6.07, 6.45) is 2.83. The van der Waals surface area contributed by atoms with Gasteiger partial charge >= 0.3 is 0 Å². The average molecular weight is 280 g/mol. The fourth-order valence-corrected chi connectivity index (χ4v) is 3.23. The minimum absolute atomic E-state index is 0.110. The van der Waals surface area contributed by atoms with E-state index < -0.39 is 0 Å². The molecular weight excluding hydrogens is 260 g/mol. The van der Waals surface area contributed by atoms with Crippen molar-refractivity contribution in [3.63, 3.8) is 0 Å². The number of anilines is 1. The van der Waals surface area contributed by atoms with Gasteiger partial charge in [0, 0.05) is 29.8 Å². The van der Waals surface area contributed by atoms with Crippen molar-refractivity contribution in [3.05, 3.63) is 23.9 Å². The zero-order valence-electron chi connectivity index (χ0n) is 11.3. The molecule has 2 heterocycles. The van der Waals surface area contributed by atoms with Crippen molar-refractivity contribution < 1.29 is 5.21 Å². The standard InChI is InChI=1S/C13H20N4OS/c1-13(2)5-7-17(8-9-19-13)12-10(11(14)16-18)4-3-6-15-12/h3-4,6,18H,5,7-9H2,1-2H3,(H2,14,16). The molecule has 0 bridgehead atoms. The third kappa shape index (κ3) is 3.32. The van der Waals surface area contributed by atoms with Crippen LogP contribution in [0, 0.1) is 0 Å². The van der Waals surface area contributed by atoms with Crippen LogP contribution in [0.15, 0.2) is 23.5 Å². The predicted octanol–water partition coefficient (Wildman–Crippen LogP) is 1.90. The molecule has 0 unspecified atom stereocenters. The number of rotatable bonds is 2. The maximum Gasteiger partial charge on any atom is 0.173 e. The summed E-state index contributed by atoms with van der Waals surface area (Å²) in [6.45, 7) is 6.40. The minimum Gasteiger partial charge on any atom is -0.409 e. The van der Waals surface area contributed by atoms with Crippen molar-refractivity contribution in [2.24, 2.45) is 10.9 Å². The van der Waals surface area contributed by atoms with Crippen molar-refractivity contribution in [3.8, 4) is 0 Å². The molecule has 1 aliphatic heterocycles. The first-order valence-electron chi connectivity index (χ1n) is 6.35. The van der Waals surface area contributed by atoms with Gasteiger partial charge in [0.15, 0.2) is 5.84 Å². The van der Waals surface area contributed by atoms with Crippen LogP contribution in [-0.2, 0) is 0 Å². The van der Waals surface area contributed by atoms with E-state index in [1.165, 1.54) is 0 Å². The monoisotopic (exact) mass is 280 g/mol. The fraction of sp³-hybridized carbons (Fsp3) is 0.538. The van der Waals surface area contributed by atoms with Gasteiger partial charge in [0.1, 0.15) is 5.82 Å². The van der Waals surface area contributed by atoms with Crippen LogP contribution >= 0.6 is 11.8 Å². The summed E-state index contributed by atoms with van der Waals surface area (Å²) in [7, 11) is 0. The molecule has 3 N–H and O–H groups in total. The lowest BCUT2D eigenvalue weighted by atomic mass is 10.1. The van der Waals surface area contributed by atoms with Crippen LogP contribution in [0.4, 0.5) is 5.82 Å². The molecule has 104 valence electrons. The summed E-state index contributed by atoms with van der Waals surface area (Å²) < 4.78 is 0.292. The maximum atomic E-state index is 8.86. The number of thioether (sulfide) groups is 1. The predicted molar refractivity (Wildman–Crippen MR) is 80.1 cm³/mol. The molecule has 1 fully saturated rings. The number of aromatic nitrogens is 1. The summed E-state index contributed by atoms with van der Waals surface area (Å²) in [5.74, 6) is 1.97. The normalized spacial score (nSPS) is 20.1. The number of amidine groups is 1. The first kappa shape index (κ1) is 14.0. The summed E-state index contributed by atoms with van der Waals surface area (Å²) in [5, 5.41) is 12.0. The second-order valence-electron chi connectivity index (χ2n) is 5.21. The van der Waals surface area contributed by atoms with Crippen LogP contribution in [0.3, 0.4) is 0 Å². The minimum atomic E-state index is 0.110. The third-order valence-corrected chi connectivity index (χ3v) is 4.68. The maximum absolute atomic E-state index is 8.86. The van der Waals surface area contributed by atoms with Gasteiger partial charge in [-0.3, -0.25) is 0 Å². The molecule has 6 heteroatoms. The van der Waals surface area contributed by atoms with E-state index in [1.807, 2.05) is 17.8 Å². The molecular formula is C13H20N4OS. The molecule has 0 aromatic carbocycles. The lowest BCUT2D eigenvalue weighted by molar-refractivity contribution is 0.318. The van der Waals surface area contributed by atoms with Gasteiger partial charge in [0.25, 0.3) is 0 Å². The summed E-state index contributed by atoms with van der Waals surface area (Å²) in [5.41, 5.74) is 6.41. The van der Waals surface area contributed by atoms with Gasteiger partial charge < -0.3 is 15.8 Å². The van der Waals surface area contributed by atoms with Crippen LogP contribution in [0.2, 0.25) is 0 Å². The van der Waals surface area contributed by atoms with Gasteiger partial charge in [0.05, 0.1) is 5.56 Å². The number of hydrogen-bond acceptors (Lipinski definition) is 5. The zero-order valence-corrected chi connectivity index (χ0v) is 12.2. The number of pyridine rings is 1. The fourth-order valence-electron chi connectivity index (χ4n) is 2.13. The van der Waals surface area contributed by atoms with Crippen LogP contribution in [0.1, 0.15) is 25.8 Å². The van der Waals surface area contributed by atoms with Crippen LogP contribution in [0.5, 0.6) is 0 Å². The number of nitrogens with zero attached hydrogens (tertiary/aromatic N) is 3. The first-order chi connectivity index (χ1) is 9.03. The molecule has 1 aromatic heterocycles. The van der Waals surface area contributed by atoms with E-state index in [4.69, 9.17) is 10.9 Å². The van der Waals surface area contributed by atoms with Crippen LogP contribution in [0.25, 0.3) is 0 Å². The Hall–Kier alpha value is -1.43. The highest BCUT2D eigenvalue weighted by molar-refractivity contribution is 8.00. The zero-order chi connectivity index (χ0) is 13.9. The van der Waals surface area contributed by atoms with E-state index in [0.29, 0.717) is 10.3 Å². The summed E-state index contributed by atoms with van der Waals surface area (Å²) in [4.78, 5) is 6.62. The Morgan fingerprint density at radius 3 is 3.05 bits per heavy atom. The van der Waals surface area contributed by atoms with E-state index in [-0.39, 0.29) is 5.84 Å². The average Bonchev–Trinajstić information content (AvgIpc) is 2.59. The summed E-state index contributed by atoms with van der Waals surface area (Å²) in [6, 6.07) is 3.63. The Morgan fingerprint density at radius 1 is 1.53 bits per heavy atom. The molecule has 0 spiro atoms. The molecule has 2 rings (SSSR count). The molecule has 0 radical (unpaired) electrons. The SMILES string of the molecule is CC1(C)CCN(c2ncccc2/C(N)=N/O)CCS1. The van der Waals surface area contributed by atoms with E-state index in [2.05, 4.69) is 28.9 Å². The van der Waals surface area contributed by atoms with E-state index in [1.54, 1.807) is 12.3 Å². The van der Waals surface area contributed by atoms with Crippen LogP contribution in [-0.4, -0.2) is 39.6 Å². The topological polar surface area (TPSA) is 74.7 Å². The highest BCUT2D eigenvalue weighted by atomic mass is 32.2. The molecule has 1 aliphatic rings. The summed E-state index contributed by atoms with van der Waals surface area (Å²) >= 11 is 1.98. The highest BCUT2D eigenvalue weighted by Gasteiger charge is 2.25. The molecule has 0 atom stereocenters. The Balaban J connectivity index is 2.27. The van der Waals surface area contributed by atoms with E-state index in [9.17, 15) is 0 Å². The Kier molecular flexibility index (Phi) is 4.19. The van der Waals surface area contributed by atoms with Gasteiger partial charge in [-0.1, -0.05) is 19.0 Å². The third-order valence-electron chi connectivity index (χ3n) is 3.31. The number of hydrogen-bond donors (Lipinski definition) is 2. The van der Waals surface area contributed by atoms with Gasteiger partial charge in [-0.25, -0.2) is 4.98 Å². The van der Waals surface area contributed by atoms with Crippen molar-refractivity contribution >= 4 is 23.4 Å². The molecule has 0 saturated carbocycles. The number of nitrogens with two attached hydrogens (primary N) is 1. The Morgan fingerprint density at radius 2 is 2.32 bits per heavy atom. The molecule has 5 nitrogen and oxygen atoms in total. The quantitative estimate of drug-likeness (QED) is 0.374. The Labute approximate surface area is 117 Å². The molecule has 0 amide bonds. The number of oxime groups is 1.